The Morgan fingerprint density at radius 1 is 1.19 bits per heavy atom. The van der Waals surface area contributed by atoms with E-state index in [9.17, 15) is 4.79 Å². The van der Waals surface area contributed by atoms with Gasteiger partial charge in [0.15, 0.2) is 0 Å². The maximum atomic E-state index is 12.2. The van der Waals surface area contributed by atoms with Gasteiger partial charge in [-0.25, -0.2) is 0 Å². The zero-order valence-corrected chi connectivity index (χ0v) is 15.3. The van der Waals surface area contributed by atoms with Gasteiger partial charge in [0.2, 0.25) is 17.6 Å². The molecule has 1 amide bonds. The molecule has 134 valence electrons. The summed E-state index contributed by atoms with van der Waals surface area (Å²) in [7, 11) is 0. The molecule has 4 rings (SSSR count). The van der Waals surface area contributed by atoms with Gasteiger partial charge in [0.1, 0.15) is 0 Å². The van der Waals surface area contributed by atoms with E-state index in [1.165, 1.54) is 5.56 Å². The first-order chi connectivity index (χ1) is 12.8. The molecule has 5 nitrogen and oxygen atoms in total. The van der Waals surface area contributed by atoms with Crippen molar-refractivity contribution in [3.05, 3.63) is 59.3 Å². The average Bonchev–Trinajstić information content (AvgIpc) is 3.06. The first-order valence-electron chi connectivity index (χ1n) is 8.94. The van der Waals surface area contributed by atoms with E-state index >= 15 is 0 Å². The van der Waals surface area contributed by atoms with E-state index < -0.39 is 0 Å². The Bertz CT molecular complexity index is 854. The molecule has 3 aromatic rings. The van der Waals surface area contributed by atoms with Crippen LogP contribution in [0.2, 0.25) is 0 Å². The van der Waals surface area contributed by atoms with Crippen LogP contribution in [0.25, 0.3) is 10.7 Å². The van der Waals surface area contributed by atoms with E-state index in [0.717, 1.165) is 24.3 Å². The van der Waals surface area contributed by atoms with Gasteiger partial charge in [-0.3, -0.25) is 4.79 Å². The normalized spacial score (nSPS) is 14.9. The predicted octanol–water partition coefficient (Wildman–Crippen LogP) is 3.97. The Morgan fingerprint density at radius 2 is 2.04 bits per heavy atom. The van der Waals surface area contributed by atoms with E-state index in [-0.39, 0.29) is 11.3 Å². The summed E-state index contributed by atoms with van der Waals surface area (Å²) in [5.74, 6) is 1.30. The number of carbonyl (C=O) groups is 1. The molecule has 0 bridgehead atoms. The van der Waals surface area contributed by atoms with Crippen LogP contribution in [0, 0.1) is 0 Å². The molecule has 0 spiro atoms. The summed E-state index contributed by atoms with van der Waals surface area (Å²) in [5, 5.41) is 9.07. The van der Waals surface area contributed by atoms with Crippen LogP contribution in [0.15, 0.2) is 52.4 Å². The van der Waals surface area contributed by atoms with E-state index in [0.29, 0.717) is 31.0 Å². The Balaban J connectivity index is 1.21. The lowest BCUT2D eigenvalue weighted by molar-refractivity contribution is -0.121. The quantitative estimate of drug-likeness (QED) is 0.654. The molecule has 0 unspecified atom stereocenters. The van der Waals surface area contributed by atoms with Crippen LogP contribution in [0.3, 0.4) is 0 Å². The molecule has 2 aromatic heterocycles. The Kier molecular flexibility index (Phi) is 4.84. The zero-order valence-electron chi connectivity index (χ0n) is 14.5. The molecular formula is C20H21N3O2S. The van der Waals surface area contributed by atoms with Gasteiger partial charge in [-0.05, 0) is 36.3 Å². The fourth-order valence-electron chi connectivity index (χ4n) is 3.13. The number of hydrogen-bond acceptors (Lipinski definition) is 5. The summed E-state index contributed by atoms with van der Waals surface area (Å²) in [6, 6.07) is 14.4. The number of rotatable bonds is 8. The van der Waals surface area contributed by atoms with Gasteiger partial charge in [-0.1, -0.05) is 41.6 Å². The molecule has 0 radical (unpaired) electrons. The monoisotopic (exact) mass is 367 g/mol. The van der Waals surface area contributed by atoms with Crippen LogP contribution in [0.4, 0.5) is 0 Å². The molecule has 1 aliphatic rings. The SMILES string of the molecule is O=C(CCCc1nc(-c2cccs2)no1)NCC1(c2ccccc2)CC1. The third-order valence-corrected chi connectivity index (χ3v) is 5.73. The van der Waals surface area contributed by atoms with Crippen LogP contribution < -0.4 is 5.32 Å². The minimum absolute atomic E-state index is 0.0881. The molecule has 1 saturated carbocycles. The predicted molar refractivity (Wildman–Crippen MR) is 101 cm³/mol. The van der Waals surface area contributed by atoms with Crippen molar-refractivity contribution in [1.82, 2.24) is 15.5 Å². The molecule has 1 fully saturated rings. The summed E-state index contributed by atoms with van der Waals surface area (Å²) >= 11 is 1.58. The fourth-order valence-corrected chi connectivity index (χ4v) is 3.78. The number of amides is 1. The lowest BCUT2D eigenvalue weighted by Gasteiger charge is -2.16. The Hall–Kier alpha value is -2.47. The summed E-state index contributed by atoms with van der Waals surface area (Å²) in [4.78, 5) is 17.5. The first-order valence-corrected chi connectivity index (χ1v) is 9.82. The summed E-state index contributed by atoms with van der Waals surface area (Å²) in [5.41, 5.74) is 1.48. The number of aryl methyl sites for hydroxylation is 1. The highest BCUT2D eigenvalue weighted by Crippen LogP contribution is 2.47. The second-order valence-corrected chi connectivity index (χ2v) is 7.71. The molecule has 6 heteroatoms. The van der Waals surface area contributed by atoms with Crippen molar-refractivity contribution < 1.29 is 9.32 Å². The third-order valence-electron chi connectivity index (χ3n) is 4.87. The highest BCUT2D eigenvalue weighted by atomic mass is 32.1. The van der Waals surface area contributed by atoms with Gasteiger partial charge in [-0.2, -0.15) is 4.98 Å². The molecule has 1 N–H and O–H groups in total. The van der Waals surface area contributed by atoms with Crippen molar-refractivity contribution in [1.29, 1.82) is 0 Å². The smallest absolute Gasteiger partial charge is 0.226 e. The third kappa shape index (κ3) is 3.85. The van der Waals surface area contributed by atoms with Crippen LogP contribution >= 0.6 is 11.3 Å². The minimum Gasteiger partial charge on any atom is -0.355 e. The second kappa shape index (κ2) is 7.41. The summed E-state index contributed by atoms with van der Waals surface area (Å²) < 4.78 is 5.27. The molecular weight excluding hydrogens is 346 g/mol. The number of hydrogen-bond donors (Lipinski definition) is 1. The van der Waals surface area contributed by atoms with Crippen molar-refractivity contribution >= 4 is 17.2 Å². The van der Waals surface area contributed by atoms with Crippen molar-refractivity contribution in [2.24, 2.45) is 0 Å². The topological polar surface area (TPSA) is 68.0 Å². The van der Waals surface area contributed by atoms with Gasteiger partial charge >= 0.3 is 0 Å². The number of nitrogens with zero attached hydrogens (tertiary/aromatic N) is 2. The van der Waals surface area contributed by atoms with Crippen LogP contribution in [0.5, 0.6) is 0 Å². The Morgan fingerprint density at radius 3 is 2.77 bits per heavy atom. The molecule has 1 aromatic carbocycles. The van der Waals surface area contributed by atoms with Crippen molar-refractivity contribution in [3.8, 4) is 10.7 Å². The number of benzene rings is 1. The maximum Gasteiger partial charge on any atom is 0.226 e. The number of nitrogens with one attached hydrogen (secondary N) is 1. The molecule has 1 aliphatic carbocycles. The highest BCUT2D eigenvalue weighted by Gasteiger charge is 2.44. The molecule has 0 atom stereocenters. The number of aromatic nitrogens is 2. The van der Waals surface area contributed by atoms with Crippen LogP contribution in [-0.2, 0) is 16.6 Å². The molecule has 0 saturated heterocycles. The van der Waals surface area contributed by atoms with Crippen molar-refractivity contribution in [2.45, 2.75) is 37.5 Å². The van der Waals surface area contributed by atoms with E-state index in [1.807, 2.05) is 23.6 Å². The summed E-state index contributed by atoms with van der Waals surface area (Å²) in [6.45, 7) is 0.721. The standard InChI is InChI=1S/C20H21N3O2S/c24-17(21-14-20(11-12-20)15-6-2-1-3-7-15)9-4-10-18-22-19(23-25-18)16-8-5-13-26-16/h1-3,5-8,13H,4,9-12,14H2,(H,21,24). The van der Waals surface area contributed by atoms with Crippen LogP contribution in [-0.4, -0.2) is 22.6 Å². The van der Waals surface area contributed by atoms with Crippen LogP contribution in [0.1, 0.15) is 37.1 Å². The van der Waals surface area contributed by atoms with Crippen molar-refractivity contribution in [3.63, 3.8) is 0 Å². The largest absolute Gasteiger partial charge is 0.355 e. The number of carbonyl (C=O) groups excluding carboxylic acids is 1. The number of thiophene rings is 1. The molecule has 2 heterocycles. The zero-order chi connectivity index (χ0) is 17.8. The van der Waals surface area contributed by atoms with Gasteiger partial charge in [0, 0.05) is 24.8 Å². The first kappa shape index (κ1) is 17.0. The van der Waals surface area contributed by atoms with Gasteiger partial charge in [0.05, 0.1) is 4.88 Å². The maximum absolute atomic E-state index is 12.2. The van der Waals surface area contributed by atoms with Gasteiger partial charge < -0.3 is 9.84 Å². The van der Waals surface area contributed by atoms with Gasteiger partial charge in [0.25, 0.3) is 0 Å². The lowest BCUT2D eigenvalue weighted by Crippen LogP contribution is -2.32. The molecule has 26 heavy (non-hydrogen) atoms. The van der Waals surface area contributed by atoms with Gasteiger partial charge in [-0.15, -0.1) is 11.3 Å². The molecule has 0 aliphatic heterocycles. The van der Waals surface area contributed by atoms with E-state index in [1.54, 1.807) is 11.3 Å². The minimum atomic E-state index is 0.0881. The second-order valence-electron chi connectivity index (χ2n) is 6.77. The Labute approximate surface area is 156 Å². The van der Waals surface area contributed by atoms with E-state index in [2.05, 4.69) is 39.7 Å². The highest BCUT2D eigenvalue weighted by molar-refractivity contribution is 7.13. The fraction of sp³-hybridized carbons (Fsp3) is 0.350. The van der Waals surface area contributed by atoms with Crippen molar-refractivity contribution in [2.75, 3.05) is 6.54 Å². The summed E-state index contributed by atoms with van der Waals surface area (Å²) in [6.07, 6.45) is 4.09. The average molecular weight is 367 g/mol. The van der Waals surface area contributed by atoms with E-state index in [4.69, 9.17) is 4.52 Å². The lowest BCUT2D eigenvalue weighted by atomic mass is 9.96.